The maximum Gasteiger partial charge on any atom is 0.107 e. The molecule has 0 aliphatic carbocycles. The van der Waals surface area contributed by atoms with Gasteiger partial charge in [0.15, 0.2) is 0 Å². The van der Waals surface area contributed by atoms with Crippen LogP contribution in [0, 0.1) is 0 Å². The maximum atomic E-state index is 9.76. The second kappa shape index (κ2) is 5.82. The molecule has 0 saturated carbocycles. The number of hydrogen-bond acceptors (Lipinski definition) is 4. The first kappa shape index (κ1) is 12.1. The van der Waals surface area contributed by atoms with Crippen molar-refractivity contribution in [3.05, 3.63) is 35.4 Å². The molecular formula is C11H17NO3. The van der Waals surface area contributed by atoms with Crippen LogP contribution in [0.5, 0.6) is 0 Å². The second-order valence-corrected chi connectivity index (χ2v) is 3.42. The SMILES string of the molecule is CNCc1ccccc1C(O)C(O)CO. The summed E-state index contributed by atoms with van der Waals surface area (Å²) in [4.78, 5) is 0. The van der Waals surface area contributed by atoms with E-state index in [-0.39, 0.29) is 0 Å². The van der Waals surface area contributed by atoms with Crippen LogP contribution in [-0.4, -0.2) is 35.1 Å². The van der Waals surface area contributed by atoms with Gasteiger partial charge in [0.2, 0.25) is 0 Å². The van der Waals surface area contributed by atoms with Gasteiger partial charge < -0.3 is 20.6 Å². The molecule has 1 rings (SSSR count). The number of hydrogen-bond donors (Lipinski definition) is 4. The van der Waals surface area contributed by atoms with Gasteiger partial charge in [0.25, 0.3) is 0 Å². The second-order valence-electron chi connectivity index (χ2n) is 3.42. The lowest BCUT2D eigenvalue weighted by atomic mass is 9.99. The average Bonchev–Trinajstić information content (AvgIpc) is 2.28. The highest BCUT2D eigenvalue weighted by atomic mass is 16.4. The fraction of sp³-hybridized carbons (Fsp3) is 0.455. The lowest BCUT2D eigenvalue weighted by molar-refractivity contribution is -0.0156. The average molecular weight is 211 g/mol. The Morgan fingerprint density at radius 3 is 2.53 bits per heavy atom. The van der Waals surface area contributed by atoms with Crippen LogP contribution in [0.15, 0.2) is 24.3 Å². The first-order valence-electron chi connectivity index (χ1n) is 4.90. The monoisotopic (exact) mass is 211 g/mol. The Morgan fingerprint density at radius 1 is 1.27 bits per heavy atom. The van der Waals surface area contributed by atoms with Crippen LogP contribution >= 0.6 is 0 Å². The molecule has 0 spiro atoms. The molecule has 0 amide bonds. The molecule has 1 aromatic carbocycles. The third-order valence-corrected chi connectivity index (χ3v) is 2.29. The van der Waals surface area contributed by atoms with Crippen molar-refractivity contribution in [2.75, 3.05) is 13.7 Å². The highest BCUT2D eigenvalue weighted by Gasteiger charge is 2.19. The standard InChI is InChI=1S/C11H17NO3/c1-12-6-8-4-2-3-5-9(8)11(15)10(14)7-13/h2-5,10-15H,6-7H2,1H3. The summed E-state index contributed by atoms with van der Waals surface area (Å²) in [7, 11) is 1.81. The fourth-order valence-electron chi connectivity index (χ4n) is 1.48. The van der Waals surface area contributed by atoms with Crippen molar-refractivity contribution < 1.29 is 15.3 Å². The van der Waals surface area contributed by atoms with Crippen molar-refractivity contribution in [2.24, 2.45) is 0 Å². The van der Waals surface area contributed by atoms with Crippen LogP contribution < -0.4 is 5.32 Å². The zero-order valence-electron chi connectivity index (χ0n) is 8.72. The maximum absolute atomic E-state index is 9.76. The van der Waals surface area contributed by atoms with E-state index in [9.17, 15) is 10.2 Å². The van der Waals surface area contributed by atoms with E-state index in [2.05, 4.69) is 5.32 Å². The lowest BCUT2D eigenvalue weighted by Crippen LogP contribution is -2.23. The summed E-state index contributed by atoms with van der Waals surface area (Å²) < 4.78 is 0. The first-order valence-corrected chi connectivity index (χ1v) is 4.90. The largest absolute Gasteiger partial charge is 0.394 e. The fourth-order valence-corrected chi connectivity index (χ4v) is 1.48. The summed E-state index contributed by atoms with van der Waals surface area (Å²) in [5.74, 6) is 0. The normalized spacial score (nSPS) is 14.9. The van der Waals surface area contributed by atoms with Gasteiger partial charge in [0.05, 0.1) is 6.61 Å². The molecule has 4 heteroatoms. The molecule has 0 aromatic heterocycles. The predicted molar refractivity (Wildman–Crippen MR) is 57.3 cm³/mol. The quantitative estimate of drug-likeness (QED) is 0.544. The summed E-state index contributed by atoms with van der Waals surface area (Å²) in [6.45, 7) is 0.167. The zero-order chi connectivity index (χ0) is 11.3. The molecule has 2 atom stereocenters. The van der Waals surface area contributed by atoms with Gasteiger partial charge in [-0.15, -0.1) is 0 Å². The Bertz CT molecular complexity index is 304. The molecule has 1 aromatic rings. The van der Waals surface area contributed by atoms with Gasteiger partial charge in [0, 0.05) is 6.54 Å². The number of benzene rings is 1. The van der Waals surface area contributed by atoms with Crippen molar-refractivity contribution in [1.29, 1.82) is 0 Å². The molecule has 15 heavy (non-hydrogen) atoms. The summed E-state index contributed by atoms with van der Waals surface area (Å²) in [5, 5.41) is 30.9. The number of aliphatic hydroxyl groups is 3. The Balaban J connectivity index is 2.91. The molecule has 0 fully saturated rings. The summed E-state index contributed by atoms with van der Waals surface area (Å²) in [6.07, 6.45) is -2.18. The van der Waals surface area contributed by atoms with Crippen molar-refractivity contribution in [1.82, 2.24) is 5.32 Å². The molecular weight excluding hydrogens is 194 g/mol. The summed E-state index contributed by atoms with van der Waals surface area (Å²) >= 11 is 0. The molecule has 84 valence electrons. The van der Waals surface area contributed by atoms with Crippen LogP contribution in [0.25, 0.3) is 0 Å². The lowest BCUT2D eigenvalue weighted by Gasteiger charge is -2.19. The highest BCUT2D eigenvalue weighted by molar-refractivity contribution is 5.29. The summed E-state index contributed by atoms with van der Waals surface area (Å²) in [5.41, 5.74) is 1.56. The minimum Gasteiger partial charge on any atom is -0.394 e. The van der Waals surface area contributed by atoms with Gasteiger partial charge >= 0.3 is 0 Å². The number of aliphatic hydroxyl groups excluding tert-OH is 3. The van der Waals surface area contributed by atoms with Crippen LogP contribution in [0.3, 0.4) is 0 Å². The van der Waals surface area contributed by atoms with Crippen LogP contribution in [-0.2, 0) is 6.54 Å². The zero-order valence-corrected chi connectivity index (χ0v) is 8.72. The third kappa shape index (κ3) is 3.00. The van der Waals surface area contributed by atoms with Crippen LogP contribution in [0.2, 0.25) is 0 Å². The van der Waals surface area contributed by atoms with E-state index < -0.39 is 18.8 Å². The van der Waals surface area contributed by atoms with Gasteiger partial charge in [-0.05, 0) is 18.2 Å². The van der Waals surface area contributed by atoms with E-state index in [1.165, 1.54) is 0 Å². The smallest absolute Gasteiger partial charge is 0.107 e. The van der Waals surface area contributed by atoms with Crippen molar-refractivity contribution in [3.63, 3.8) is 0 Å². The molecule has 0 aliphatic rings. The summed E-state index contributed by atoms with van der Waals surface area (Å²) in [6, 6.07) is 7.28. The Hall–Kier alpha value is -0.940. The van der Waals surface area contributed by atoms with E-state index in [1.807, 2.05) is 19.2 Å². The van der Waals surface area contributed by atoms with E-state index >= 15 is 0 Å². The molecule has 0 saturated heterocycles. The minimum absolute atomic E-state index is 0.449. The Morgan fingerprint density at radius 2 is 1.93 bits per heavy atom. The highest BCUT2D eigenvalue weighted by Crippen LogP contribution is 2.20. The van der Waals surface area contributed by atoms with Gasteiger partial charge in [-0.3, -0.25) is 0 Å². The molecule has 0 bridgehead atoms. The van der Waals surface area contributed by atoms with E-state index in [0.29, 0.717) is 12.1 Å². The third-order valence-electron chi connectivity index (χ3n) is 2.29. The first-order chi connectivity index (χ1) is 7.20. The van der Waals surface area contributed by atoms with Crippen LogP contribution in [0.4, 0.5) is 0 Å². The Kier molecular flexibility index (Phi) is 4.71. The van der Waals surface area contributed by atoms with Crippen molar-refractivity contribution >= 4 is 0 Å². The minimum atomic E-state index is -1.14. The Labute approximate surface area is 89.2 Å². The van der Waals surface area contributed by atoms with E-state index in [4.69, 9.17) is 5.11 Å². The topological polar surface area (TPSA) is 72.7 Å². The molecule has 4 N–H and O–H groups in total. The van der Waals surface area contributed by atoms with Crippen LogP contribution in [0.1, 0.15) is 17.2 Å². The number of rotatable bonds is 5. The van der Waals surface area contributed by atoms with Gasteiger partial charge in [-0.2, -0.15) is 0 Å². The van der Waals surface area contributed by atoms with E-state index in [0.717, 1.165) is 5.56 Å². The predicted octanol–water partition coefficient (Wildman–Crippen LogP) is -0.207. The van der Waals surface area contributed by atoms with Gasteiger partial charge in [0.1, 0.15) is 12.2 Å². The van der Waals surface area contributed by atoms with Crippen molar-refractivity contribution in [3.8, 4) is 0 Å². The number of nitrogens with one attached hydrogen (secondary N) is 1. The molecule has 2 unspecified atom stereocenters. The van der Waals surface area contributed by atoms with E-state index in [1.54, 1.807) is 12.1 Å². The van der Waals surface area contributed by atoms with Crippen molar-refractivity contribution in [2.45, 2.75) is 18.8 Å². The van der Waals surface area contributed by atoms with Gasteiger partial charge in [-0.1, -0.05) is 24.3 Å². The molecule has 0 radical (unpaired) electrons. The molecule has 4 nitrogen and oxygen atoms in total. The van der Waals surface area contributed by atoms with Gasteiger partial charge in [-0.25, -0.2) is 0 Å². The molecule has 0 aliphatic heterocycles. The molecule has 0 heterocycles.